The van der Waals surface area contributed by atoms with E-state index in [0.29, 0.717) is 17.8 Å². The summed E-state index contributed by atoms with van der Waals surface area (Å²) in [5, 5.41) is 0. The van der Waals surface area contributed by atoms with Crippen LogP contribution in [0.3, 0.4) is 0 Å². The number of nitrogens with zero attached hydrogens (tertiary/aromatic N) is 1. The van der Waals surface area contributed by atoms with E-state index in [9.17, 15) is 9.59 Å². The molecule has 6 unspecified atom stereocenters. The topological polar surface area (TPSA) is 46.6 Å². The highest BCUT2D eigenvalue weighted by Gasteiger charge is 2.62. The Morgan fingerprint density at radius 1 is 0.952 bits per heavy atom. The van der Waals surface area contributed by atoms with Gasteiger partial charge >= 0.3 is 0 Å². The first-order chi connectivity index (χ1) is 9.99. The van der Waals surface area contributed by atoms with Gasteiger partial charge in [-0.3, -0.25) is 14.5 Å². The number of carbonyl (C=O) groups is 2. The lowest BCUT2D eigenvalue weighted by Gasteiger charge is -2.42. The lowest BCUT2D eigenvalue weighted by molar-refractivity contribution is -0.149. The molecule has 0 radical (unpaired) electrons. The van der Waals surface area contributed by atoms with Crippen LogP contribution in [0.2, 0.25) is 0 Å². The molecular weight excluding hydrogens is 266 g/mol. The Morgan fingerprint density at radius 2 is 1.43 bits per heavy atom. The first kappa shape index (κ1) is 13.5. The molecule has 3 aliphatic heterocycles. The first-order valence-electron chi connectivity index (χ1n) is 8.19. The fourth-order valence-electron chi connectivity index (χ4n) is 5.33. The quantitative estimate of drug-likeness (QED) is 0.548. The molecular formula is C17H23NO3. The van der Waals surface area contributed by atoms with Crippen LogP contribution in [-0.4, -0.2) is 35.0 Å². The molecule has 3 fully saturated rings. The van der Waals surface area contributed by atoms with E-state index in [1.54, 1.807) is 4.90 Å². The number of hydrogen-bond donors (Lipinski definition) is 0. The zero-order chi connectivity index (χ0) is 14.9. The number of rotatable bonds is 1. The number of likely N-dealkylation sites (tertiary alicyclic amines) is 1. The molecule has 6 atom stereocenters. The van der Waals surface area contributed by atoms with Crippen molar-refractivity contribution in [1.82, 2.24) is 4.90 Å². The van der Waals surface area contributed by atoms with Crippen LogP contribution in [-0.2, 0) is 14.3 Å². The molecule has 2 saturated heterocycles. The number of fused-ring (bicyclic) bond motifs is 5. The fourth-order valence-corrected chi connectivity index (χ4v) is 5.33. The van der Waals surface area contributed by atoms with Crippen molar-refractivity contribution in [3.8, 4) is 0 Å². The van der Waals surface area contributed by atoms with Gasteiger partial charge in [0.15, 0.2) is 0 Å². The van der Waals surface area contributed by atoms with Gasteiger partial charge in [0.1, 0.15) is 0 Å². The minimum Gasteiger partial charge on any atom is -0.365 e. The summed E-state index contributed by atoms with van der Waals surface area (Å²) >= 11 is 0. The molecule has 4 aliphatic rings. The van der Waals surface area contributed by atoms with Gasteiger partial charge in [-0.25, -0.2) is 0 Å². The van der Waals surface area contributed by atoms with Crippen LogP contribution < -0.4 is 0 Å². The van der Waals surface area contributed by atoms with Crippen LogP contribution in [0.25, 0.3) is 0 Å². The van der Waals surface area contributed by atoms with Crippen LogP contribution in [0.15, 0.2) is 12.2 Å². The van der Waals surface area contributed by atoms with Crippen LogP contribution in [0.5, 0.6) is 0 Å². The van der Waals surface area contributed by atoms with Crippen LogP contribution in [0.1, 0.15) is 33.6 Å². The van der Waals surface area contributed by atoms with Gasteiger partial charge in [-0.15, -0.1) is 0 Å². The summed E-state index contributed by atoms with van der Waals surface area (Å²) in [6.45, 7) is 6.65. The molecule has 21 heavy (non-hydrogen) atoms. The summed E-state index contributed by atoms with van der Waals surface area (Å²) in [7, 11) is 0. The Labute approximate surface area is 125 Å². The molecule has 0 spiro atoms. The molecule has 4 rings (SSSR count). The smallest absolute Gasteiger partial charge is 0.236 e. The van der Waals surface area contributed by atoms with Gasteiger partial charge < -0.3 is 4.74 Å². The zero-order valence-corrected chi connectivity index (χ0v) is 12.9. The van der Waals surface area contributed by atoms with Crippen LogP contribution in [0.4, 0.5) is 0 Å². The Morgan fingerprint density at radius 3 is 1.90 bits per heavy atom. The molecule has 114 valence electrons. The molecule has 2 bridgehead atoms. The van der Waals surface area contributed by atoms with Gasteiger partial charge in [-0.05, 0) is 30.6 Å². The zero-order valence-electron chi connectivity index (χ0n) is 12.9. The van der Waals surface area contributed by atoms with Gasteiger partial charge in [0.05, 0.1) is 24.0 Å². The van der Waals surface area contributed by atoms with Crippen molar-refractivity contribution in [1.29, 1.82) is 0 Å². The van der Waals surface area contributed by atoms with Gasteiger partial charge in [-0.1, -0.05) is 32.9 Å². The number of amides is 2. The van der Waals surface area contributed by atoms with Crippen molar-refractivity contribution < 1.29 is 14.3 Å². The summed E-state index contributed by atoms with van der Waals surface area (Å²) in [5.41, 5.74) is 0. The van der Waals surface area contributed by atoms with Crippen LogP contribution in [0, 0.1) is 29.6 Å². The van der Waals surface area contributed by atoms with E-state index in [1.165, 1.54) is 0 Å². The monoisotopic (exact) mass is 289 g/mol. The summed E-state index contributed by atoms with van der Waals surface area (Å²) in [4.78, 5) is 27.3. The highest BCUT2D eigenvalue weighted by atomic mass is 16.5. The van der Waals surface area contributed by atoms with E-state index in [4.69, 9.17) is 4.74 Å². The maximum absolute atomic E-state index is 12.9. The van der Waals surface area contributed by atoms with E-state index < -0.39 is 0 Å². The largest absolute Gasteiger partial charge is 0.365 e. The van der Waals surface area contributed by atoms with Gasteiger partial charge in [-0.2, -0.15) is 0 Å². The number of hydrogen-bond acceptors (Lipinski definition) is 3. The number of carbonyl (C=O) groups excluding carboxylic acids is 2. The van der Waals surface area contributed by atoms with Crippen molar-refractivity contribution in [2.24, 2.45) is 29.6 Å². The van der Waals surface area contributed by atoms with E-state index in [2.05, 4.69) is 20.8 Å². The second kappa shape index (κ2) is 4.42. The molecule has 4 nitrogen and oxygen atoms in total. The molecule has 0 N–H and O–H groups in total. The molecule has 1 aliphatic carbocycles. The Kier molecular flexibility index (Phi) is 2.84. The van der Waals surface area contributed by atoms with Crippen LogP contribution >= 0.6 is 0 Å². The standard InChI is InChI=1S/C17H23NO3/c1-8-6-9(2)15(10(3)7-8)18-16(19)13-11-4-5-12(21-11)14(13)17(18)20/h4-5,8-15H,6-7H2,1-3H3. The summed E-state index contributed by atoms with van der Waals surface area (Å²) < 4.78 is 5.71. The maximum atomic E-state index is 12.9. The third-order valence-electron chi connectivity index (χ3n) is 5.96. The lowest BCUT2D eigenvalue weighted by Crippen LogP contribution is -2.51. The molecule has 2 amide bonds. The summed E-state index contributed by atoms with van der Waals surface area (Å²) in [6, 6.07) is 0.0752. The van der Waals surface area contributed by atoms with Crippen molar-refractivity contribution in [3.63, 3.8) is 0 Å². The lowest BCUT2D eigenvalue weighted by atomic mass is 9.73. The Balaban J connectivity index is 1.65. The molecule has 0 aromatic heterocycles. The number of imide groups is 1. The predicted octanol–water partition coefficient (Wildman–Crippen LogP) is 2.00. The molecule has 1 saturated carbocycles. The molecule has 0 aromatic rings. The molecule has 0 aromatic carbocycles. The average Bonchev–Trinajstić information content (AvgIpc) is 3.06. The molecule has 3 heterocycles. The average molecular weight is 289 g/mol. The first-order valence-corrected chi connectivity index (χ1v) is 8.19. The maximum Gasteiger partial charge on any atom is 0.236 e. The van der Waals surface area contributed by atoms with Crippen molar-refractivity contribution in [2.45, 2.75) is 51.9 Å². The van der Waals surface area contributed by atoms with Gasteiger partial charge in [0.2, 0.25) is 11.8 Å². The molecule has 4 heteroatoms. The second-order valence-electron chi connectivity index (χ2n) is 7.57. The van der Waals surface area contributed by atoms with E-state index >= 15 is 0 Å². The Bertz CT molecular complexity index is 486. The Hall–Kier alpha value is -1.16. The fraction of sp³-hybridized carbons (Fsp3) is 0.765. The van der Waals surface area contributed by atoms with Gasteiger partial charge in [0, 0.05) is 6.04 Å². The van der Waals surface area contributed by atoms with E-state index in [0.717, 1.165) is 12.8 Å². The third kappa shape index (κ3) is 1.71. The highest BCUT2D eigenvalue weighted by Crippen LogP contribution is 2.48. The summed E-state index contributed by atoms with van der Waals surface area (Å²) in [6.07, 6.45) is 5.77. The van der Waals surface area contributed by atoms with E-state index in [-0.39, 0.29) is 41.9 Å². The highest BCUT2D eigenvalue weighted by molar-refractivity contribution is 6.07. The third-order valence-corrected chi connectivity index (χ3v) is 5.96. The van der Waals surface area contributed by atoms with Crippen molar-refractivity contribution in [3.05, 3.63) is 12.2 Å². The predicted molar refractivity (Wildman–Crippen MR) is 77.1 cm³/mol. The summed E-state index contributed by atoms with van der Waals surface area (Å²) in [5.74, 6) is 0.974. The van der Waals surface area contributed by atoms with Crippen molar-refractivity contribution >= 4 is 11.8 Å². The normalized spacial score (nSPS) is 51.9. The number of ether oxygens (including phenoxy) is 1. The second-order valence-corrected chi connectivity index (χ2v) is 7.57. The SMILES string of the molecule is CC1CC(C)C(N2C(=O)C3C4C=CC(O4)C3C2=O)C(C)C1. The minimum atomic E-state index is -0.258. The van der Waals surface area contributed by atoms with E-state index in [1.807, 2.05) is 12.2 Å². The minimum absolute atomic E-state index is 0.0140. The van der Waals surface area contributed by atoms with Gasteiger partial charge in [0.25, 0.3) is 0 Å². The van der Waals surface area contributed by atoms with Crippen molar-refractivity contribution in [2.75, 3.05) is 0 Å².